The van der Waals surface area contributed by atoms with Gasteiger partial charge in [-0.05, 0) is 107 Å². The Morgan fingerprint density at radius 2 is 0.618 bits per heavy atom. The number of hydrogen-bond donors (Lipinski definition) is 13. The molecule has 0 aliphatic heterocycles. The number of aliphatic hydroxyl groups excluding tert-OH is 6. The van der Waals surface area contributed by atoms with Crippen molar-refractivity contribution in [3.8, 4) is 74.1 Å². The lowest BCUT2D eigenvalue weighted by molar-refractivity contribution is -0.137. The van der Waals surface area contributed by atoms with Crippen molar-refractivity contribution in [2.75, 3.05) is 94.1 Å². The van der Waals surface area contributed by atoms with Crippen LogP contribution in [0.4, 0.5) is 0 Å². The molecule has 13 N–H and O–H groups in total. The van der Waals surface area contributed by atoms with Gasteiger partial charge < -0.3 is 92.4 Å². The van der Waals surface area contributed by atoms with E-state index in [2.05, 4.69) is 96.4 Å². The molecule has 720 valence electrons. The van der Waals surface area contributed by atoms with Crippen LogP contribution in [0.2, 0.25) is 0 Å². The minimum atomic E-state index is -1.27. The molecule has 3 aromatic carbocycles. The third-order valence-electron chi connectivity index (χ3n) is 25.5. The van der Waals surface area contributed by atoms with Gasteiger partial charge in [-0.25, -0.2) is 0 Å². The second kappa shape index (κ2) is 64.7. The molecule has 3 fully saturated rings. The zero-order chi connectivity index (χ0) is 96.6. The molecule has 3 aliphatic carbocycles. The van der Waals surface area contributed by atoms with E-state index in [9.17, 15) is 73.8 Å². The lowest BCUT2D eigenvalue weighted by atomic mass is 9.82. The summed E-state index contributed by atoms with van der Waals surface area (Å²) in [5.41, 5.74) is 2.68. The Labute approximate surface area is 782 Å². The average molecular weight is 1810 g/mol. The van der Waals surface area contributed by atoms with Gasteiger partial charge in [-0.15, -0.1) is 74.1 Å². The number of nitrogens with zero attached hydrogens (tertiary/aromatic N) is 5. The van der Waals surface area contributed by atoms with Gasteiger partial charge in [-0.1, -0.05) is 208 Å². The number of benzene rings is 3. The molecule has 0 bridgehead atoms. The Morgan fingerprint density at radius 3 is 0.870 bits per heavy atom. The first kappa shape index (κ1) is 113. The summed E-state index contributed by atoms with van der Waals surface area (Å²) in [6, 6.07) is 22.7. The maximum Gasteiger partial charge on any atom is 0.243 e. The average Bonchev–Trinajstić information content (AvgIpc) is 0.856. The lowest BCUT2D eigenvalue weighted by Crippen LogP contribution is -2.55. The Morgan fingerprint density at radius 1 is 0.351 bits per heavy atom. The summed E-state index contributed by atoms with van der Waals surface area (Å²) in [7, 11) is 8.94. The SMILES string of the molecule is C#CC[C@H](NC(=O)[C@@H](CC(=O)N(C)CCN(C)CC)Cc1ccccc1)C(=O)N[C@@H](CC1CCCCC1)[C@@H](O)[C@@H](O)CC#C.C#CC[C@H](NC(=O)[C@@H](CC(=O)N(C)CCN(CC)CC)Cc1ccccc1)C(=O)N[C@@H](CC1CCCCC1)[C@@H](O)[C@@H](O)CC#C.C#CC[C@H](NC(=O)[C@@H](CC(=O)N(C)CCNC)Cc1ccccc1)C(=O)N[C@@H](CC1CCCCC1)[C@@H](O)[C@@H](O)CC#C. The van der Waals surface area contributed by atoms with E-state index in [1.165, 1.54) is 0 Å². The van der Waals surface area contributed by atoms with Gasteiger partial charge in [0.25, 0.3) is 0 Å². The molecule has 3 aliphatic rings. The number of amides is 9. The van der Waals surface area contributed by atoms with Crippen LogP contribution in [0, 0.1) is 110 Å². The molecule has 0 aromatic heterocycles. The fourth-order valence-electron chi connectivity index (χ4n) is 17.0. The van der Waals surface area contributed by atoms with Crippen molar-refractivity contribution in [3.05, 3.63) is 108 Å². The van der Waals surface area contributed by atoms with Crippen molar-refractivity contribution in [1.82, 2.24) is 61.7 Å². The molecule has 27 heteroatoms. The van der Waals surface area contributed by atoms with Crippen LogP contribution in [0.5, 0.6) is 0 Å². The smallest absolute Gasteiger partial charge is 0.243 e. The van der Waals surface area contributed by atoms with Gasteiger partial charge in [-0.2, -0.15) is 0 Å². The summed E-state index contributed by atoms with van der Waals surface area (Å²) in [6.45, 7) is 12.5. The summed E-state index contributed by atoms with van der Waals surface area (Å²) >= 11 is 0. The van der Waals surface area contributed by atoms with Gasteiger partial charge in [-0.3, -0.25) is 43.2 Å². The van der Waals surface area contributed by atoms with Gasteiger partial charge in [0.15, 0.2) is 0 Å². The molecule has 0 radical (unpaired) electrons. The van der Waals surface area contributed by atoms with Crippen LogP contribution in [0.3, 0.4) is 0 Å². The number of carbonyl (C=O) groups excluding carboxylic acids is 9. The maximum absolute atomic E-state index is 13.7. The van der Waals surface area contributed by atoms with E-state index >= 15 is 0 Å². The van der Waals surface area contributed by atoms with Gasteiger partial charge in [0.05, 0.1) is 54.2 Å². The summed E-state index contributed by atoms with van der Waals surface area (Å²) in [5.74, 6) is 9.65. The normalized spacial score (nSPS) is 16.9. The zero-order valence-electron chi connectivity index (χ0n) is 79.2. The van der Waals surface area contributed by atoms with Crippen LogP contribution in [0.25, 0.3) is 0 Å². The first-order chi connectivity index (χ1) is 62.9. The monoisotopic (exact) mass is 1810 g/mol. The highest BCUT2D eigenvalue weighted by Gasteiger charge is 2.39. The molecule has 27 nitrogen and oxygen atoms in total. The fraction of sp³-hybridized carbons (Fsp3) is 0.625. The van der Waals surface area contributed by atoms with E-state index in [0.29, 0.717) is 77.2 Å². The molecule has 15 atom stereocenters. The summed E-state index contributed by atoms with van der Waals surface area (Å²) < 4.78 is 0. The number of carbonyl (C=O) groups is 9. The van der Waals surface area contributed by atoms with Crippen molar-refractivity contribution in [3.63, 3.8) is 0 Å². The first-order valence-corrected chi connectivity index (χ1v) is 47.3. The molecule has 3 aromatic rings. The van der Waals surface area contributed by atoms with Crippen LogP contribution in [-0.4, -0.2) is 275 Å². The minimum Gasteiger partial charge on any atom is -0.389 e. The van der Waals surface area contributed by atoms with Crippen molar-refractivity contribution in [1.29, 1.82) is 0 Å². The third-order valence-corrected chi connectivity index (χ3v) is 25.5. The molecule has 3 saturated carbocycles. The highest BCUT2D eigenvalue weighted by atomic mass is 16.3. The highest BCUT2D eigenvalue weighted by molar-refractivity contribution is 5.93. The summed E-state index contributed by atoms with van der Waals surface area (Å²) in [4.78, 5) is 130. The summed E-state index contributed by atoms with van der Waals surface area (Å²) in [6.07, 6.45) is 43.2. The lowest BCUT2D eigenvalue weighted by Gasteiger charge is -2.33. The third kappa shape index (κ3) is 43.4. The quantitative estimate of drug-likeness (QED) is 0.0261. The van der Waals surface area contributed by atoms with E-state index in [1.54, 1.807) is 42.9 Å². The minimum absolute atomic E-state index is 0.0266. The van der Waals surface area contributed by atoms with Crippen LogP contribution in [0.1, 0.15) is 211 Å². The number of aliphatic hydroxyl groups is 6. The van der Waals surface area contributed by atoms with Gasteiger partial charge in [0, 0.05) is 118 Å². The predicted molar refractivity (Wildman–Crippen MR) is 514 cm³/mol. The van der Waals surface area contributed by atoms with Crippen LogP contribution in [-0.2, 0) is 62.4 Å². The van der Waals surface area contributed by atoms with Crippen molar-refractivity contribution in [2.24, 2.45) is 35.5 Å². The fourth-order valence-corrected chi connectivity index (χ4v) is 17.0. The van der Waals surface area contributed by atoms with E-state index in [0.717, 1.165) is 139 Å². The Bertz CT molecular complexity index is 4120. The van der Waals surface area contributed by atoms with E-state index in [4.69, 9.17) is 38.5 Å². The zero-order valence-corrected chi connectivity index (χ0v) is 79.2. The molecular formula is C104H154N12O15. The van der Waals surface area contributed by atoms with Gasteiger partial charge in [0.1, 0.15) is 36.4 Å². The molecule has 9 amide bonds. The predicted octanol–water partition coefficient (Wildman–Crippen LogP) is 6.72. The molecular weight excluding hydrogens is 1660 g/mol. The van der Waals surface area contributed by atoms with Crippen LogP contribution in [0.15, 0.2) is 91.0 Å². The topological polar surface area (TPSA) is 375 Å². The molecule has 6 rings (SSSR count). The first-order valence-electron chi connectivity index (χ1n) is 47.3. The Hall–Kier alpha value is -10.1. The van der Waals surface area contributed by atoms with Crippen molar-refractivity contribution >= 4 is 53.2 Å². The number of rotatable bonds is 54. The van der Waals surface area contributed by atoms with Crippen LogP contribution >= 0.6 is 0 Å². The van der Waals surface area contributed by atoms with E-state index in [1.807, 2.05) is 105 Å². The Balaban J connectivity index is 0.000000411. The molecule has 0 unspecified atom stereocenters. The number of hydrogen-bond acceptors (Lipinski definition) is 18. The largest absolute Gasteiger partial charge is 0.389 e. The van der Waals surface area contributed by atoms with Crippen molar-refractivity contribution in [2.45, 2.75) is 286 Å². The van der Waals surface area contributed by atoms with E-state index in [-0.39, 0.29) is 87.3 Å². The van der Waals surface area contributed by atoms with E-state index < -0.39 is 126 Å². The standard InChI is InChI=1S/C36H54N4O5.C35H52N4O5.C33H48N4O5/c1-6-16-30(36(45)38-31(34(43)32(41)17-7-2)25-28-20-14-11-15-21-28)37-35(44)29(24-27-18-12-10-13-19-27)26-33(42)39(5)22-23-40(8-3)9-4;1-6-15-29(35(44)37-30(33(42)31(40)16-7-2)24-27-19-13-10-14-20-27)36-34(43)28(23-26-17-11-9-12-18-26)25-32(41)39(5)22-21-38(4)8-3;1-5-13-27(33(42)36-28(31(40)29(38)14-6-2)22-25-17-11-8-12-18-25)35-32(41)26(21-24-15-9-7-10-16-24)23-30(39)37(4)20-19-34-3/h1-2,10,12-13,18-19,28-32,34,41,43H,8-9,11,14-17,20-26H2,3-5H3,(H,37,44)(H,38,45);1-2,9,11-12,17-18,27-31,33,40,42H,8,10,13-16,19-25H2,3-5H3,(H,36,43)(H,37,44);1-2,7,9-10,15-16,25-29,31,34,38,40H,8,11-14,17-23H2,3-4H3,(H,35,41)(H,36,42)/t29-,30+,31+,32+,34-;28-,29+,30+,31+,33-;26-,27+,28+,29+,31-/m111/s1. The maximum atomic E-state index is 13.7. The number of likely N-dealkylation sites (N-methyl/N-ethyl adjacent to an activating group) is 6. The number of terminal acetylenes is 6. The molecule has 0 spiro atoms. The second-order valence-electron chi connectivity index (χ2n) is 35.6. The molecule has 131 heavy (non-hydrogen) atoms. The van der Waals surface area contributed by atoms with Crippen molar-refractivity contribution < 1.29 is 73.8 Å². The second-order valence-corrected chi connectivity index (χ2v) is 35.6. The van der Waals surface area contributed by atoms with Gasteiger partial charge >= 0.3 is 0 Å². The molecule has 0 heterocycles. The number of nitrogens with one attached hydrogen (secondary N) is 7. The highest BCUT2D eigenvalue weighted by Crippen LogP contribution is 2.33. The summed E-state index contributed by atoms with van der Waals surface area (Å²) in [5, 5.41) is 84.1. The van der Waals surface area contributed by atoms with Crippen LogP contribution < -0.4 is 37.2 Å². The Kier molecular flexibility index (Phi) is 55.9. The van der Waals surface area contributed by atoms with Gasteiger partial charge in [0.2, 0.25) is 53.2 Å². The molecule has 0 saturated heterocycles.